The lowest BCUT2D eigenvalue weighted by atomic mass is 10.2. The van der Waals surface area contributed by atoms with Crippen LogP contribution in [0.2, 0.25) is 0 Å². The number of hydrogen-bond acceptors (Lipinski definition) is 7. The standard InChI is InChI=1S/C19H19N3O6S2/c1-28-19(23)16-7-3-5-9-18(16)30(26,27)22-12-10-21(11-13-22)29(24,25)17-8-4-2-6-15(17)14-20/h2-9H,10-13H2,1H3. The highest BCUT2D eigenvalue weighted by molar-refractivity contribution is 7.89. The van der Waals surface area contributed by atoms with Crippen LogP contribution in [0.15, 0.2) is 58.3 Å². The number of sulfonamides is 2. The van der Waals surface area contributed by atoms with Gasteiger partial charge < -0.3 is 4.74 Å². The Morgan fingerprint density at radius 3 is 1.87 bits per heavy atom. The third-order valence-electron chi connectivity index (χ3n) is 4.73. The van der Waals surface area contributed by atoms with Crippen LogP contribution in [0.1, 0.15) is 15.9 Å². The summed E-state index contributed by atoms with van der Waals surface area (Å²) in [7, 11) is -6.82. The van der Waals surface area contributed by atoms with Crippen molar-refractivity contribution in [1.29, 1.82) is 5.26 Å². The van der Waals surface area contributed by atoms with Crippen LogP contribution in [0, 0.1) is 11.3 Å². The summed E-state index contributed by atoms with van der Waals surface area (Å²) in [6.07, 6.45) is 0. The van der Waals surface area contributed by atoms with Gasteiger partial charge in [-0.15, -0.1) is 0 Å². The van der Waals surface area contributed by atoms with Crippen molar-refractivity contribution >= 4 is 26.0 Å². The molecular formula is C19H19N3O6S2. The molecule has 0 N–H and O–H groups in total. The number of rotatable bonds is 5. The molecule has 2 aromatic rings. The van der Waals surface area contributed by atoms with Crippen molar-refractivity contribution in [2.75, 3.05) is 33.3 Å². The Hall–Kier alpha value is -2.78. The average Bonchev–Trinajstić information content (AvgIpc) is 2.78. The quantitative estimate of drug-likeness (QED) is 0.625. The predicted octanol–water partition coefficient (Wildman–Crippen LogP) is 1.04. The van der Waals surface area contributed by atoms with Crippen LogP contribution >= 0.6 is 0 Å². The molecule has 0 aromatic heterocycles. The first kappa shape index (κ1) is 21.9. The molecule has 0 amide bonds. The minimum atomic E-state index is -4.04. The number of ether oxygens (including phenoxy) is 1. The Morgan fingerprint density at radius 2 is 1.33 bits per heavy atom. The number of carbonyl (C=O) groups is 1. The Bertz CT molecular complexity index is 1210. The molecule has 0 aliphatic carbocycles. The summed E-state index contributed by atoms with van der Waals surface area (Å²) in [5.74, 6) is -0.775. The lowest BCUT2D eigenvalue weighted by Gasteiger charge is -2.33. The van der Waals surface area contributed by atoms with Crippen molar-refractivity contribution in [3.8, 4) is 6.07 Å². The first-order valence-corrected chi connectivity index (χ1v) is 11.8. The predicted molar refractivity (Wildman–Crippen MR) is 106 cm³/mol. The molecule has 0 radical (unpaired) electrons. The number of nitriles is 1. The fourth-order valence-electron chi connectivity index (χ4n) is 3.18. The van der Waals surface area contributed by atoms with E-state index >= 15 is 0 Å². The van der Waals surface area contributed by atoms with Gasteiger partial charge in [0.25, 0.3) is 0 Å². The van der Waals surface area contributed by atoms with Gasteiger partial charge in [-0.2, -0.15) is 13.9 Å². The van der Waals surface area contributed by atoms with E-state index in [0.29, 0.717) is 0 Å². The molecule has 0 unspecified atom stereocenters. The summed E-state index contributed by atoms with van der Waals surface area (Å²) < 4.78 is 58.9. The topological polar surface area (TPSA) is 125 Å². The van der Waals surface area contributed by atoms with Gasteiger partial charge in [0.05, 0.1) is 28.0 Å². The number of hydrogen-bond donors (Lipinski definition) is 0. The van der Waals surface area contributed by atoms with Crippen LogP contribution in [0.5, 0.6) is 0 Å². The van der Waals surface area contributed by atoms with Gasteiger partial charge in [-0.3, -0.25) is 0 Å². The summed E-state index contributed by atoms with van der Waals surface area (Å²) in [5.41, 5.74) is -0.0578. The van der Waals surface area contributed by atoms with Crippen molar-refractivity contribution in [3.05, 3.63) is 59.7 Å². The van der Waals surface area contributed by atoms with E-state index in [9.17, 15) is 26.9 Å². The summed E-state index contributed by atoms with van der Waals surface area (Å²) >= 11 is 0. The fourth-order valence-corrected chi connectivity index (χ4v) is 6.35. The molecule has 0 spiro atoms. The molecule has 30 heavy (non-hydrogen) atoms. The highest BCUT2D eigenvalue weighted by atomic mass is 32.2. The number of benzene rings is 2. The van der Waals surface area contributed by atoms with Gasteiger partial charge >= 0.3 is 5.97 Å². The van der Waals surface area contributed by atoms with E-state index in [1.54, 1.807) is 6.07 Å². The van der Waals surface area contributed by atoms with Crippen molar-refractivity contribution < 1.29 is 26.4 Å². The number of carbonyl (C=O) groups excluding carboxylic acids is 1. The van der Waals surface area contributed by atoms with E-state index < -0.39 is 26.0 Å². The van der Waals surface area contributed by atoms with Gasteiger partial charge in [-0.05, 0) is 24.3 Å². The van der Waals surface area contributed by atoms with Gasteiger partial charge in [0.15, 0.2) is 0 Å². The van der Waals surface area contributed by atoms with Crippen LogP contribution in [-0.2, 0) is 24.8 Å². The summed E-state index contributed by atoms with van der Waals surface area (Å²) in [5, 5.41) is 9.19. The second-order valence-corrected chi connectivity index (χ2v) is 10.2. The van der Waals surface area contributed by atoms with Crippen LogP contribution in [0.3, 0.4) is 0 Å². The summed E-state index contributed by atoms with van der Waals surface area (Å²) in [6, 6.07) is 13.4. The minimum Gasteiger partial charge on any atom is -0.465 e. The van der Waals surface area contributed by atoms with Crippen LogP contribution in [0.4, 0.5) is 0 Å². The maximum atomic E-state index is 13.1. The molecule has 1 fully saturated rings. The van der Waals surface area contributed by atoms with Crippen molar-refractivity contribution in [2.45, 2.75) is 9.79 Å². The maximum absolute atomic E-state index is 13.1. The fraction of sp³-hybridized carbons (Fsp3) is 0.263. The zero-order valence-electron chi connectivity index (χ0n) is 16.1. The molecule has 158 valence electrons. The number of methoxy groups -OCH3 is 1. The SMILES string of the molecule is COC(=O)c1ccccc1S(=O)(=O)N1CCN(S(=O)(=O)c2ccccc2C#N)CC1. The summed E-state index contributed by atoms with van der Waals surface area (Å²) in [4.78, 5) is 11.6. The molecule has 1 heterocycles. The first-order valence-electron chi connectivity index (χ1n) is 8.90. The van der Waals surface area contributed by atoms with E-state index in [-0.39, 0.29) is 47.1 Å². The second kappa shape index (κ2) is 8.53. The van der Waals surface area contributed by atoms with Gasteiger partial charge in [0, 0.05) is 26.2 Å². The number of piperazine rings is 1. The maximum Gasteiger partial charge on any atom is 0.339 e. The Morgan fingerprint density at radius 1 is 0.867 bits per heavy atom. The molecule has 11 heteroatoms. The van der Waals surface area contributed by atoms with Crippen LogP contribution in [-0.4, -0.2) is 64.7 Å². The third-order valence-corrected chi connectivity index (χ3v) is 8.65. The summed E-state index contributed by atoms with van der Waals surface area (Å²) in [6.45, 7) is -0.346. The molecule has 1 aliphatic rings. The van der Waals surface area contributed by atoms with Crippen molar-refractivity contribution in [2.24, 2.45) is 0 Å². The molecule has 0 atom stereocenters. The molecule has 1 saturated heterocycles. The number of esters is 1. The van der Waals surface area contributed by atoms with E-state index in [4.69, 9.17) is 0 Å². The zero-order chi connectivity index (χ0) is 21.9. The van der Waals surface area contributed by atoms with E-state index in [0.717, 1.165) is 15.7 Å². The van der Waals surface area contributed by atoms with Crippen LogP contribution < -0.4 is 0 Å². The number of nitrogens with zero attached hydrogens (tertiary/aromatic N) is 3. The molecule has 0 bridgehead atoms. The van der Waals surface area contributed by atoms with Crippen LogP contribution in [0.25, 0.3) is 0 Å². The van der Waals surface area contributed by atoms with Gasteiger partial charge in [0.1, 0.15) is 6.07 Å². The molecule has 0 saturated carbocycles. The molecule has 3 rings (SSSR count). The van der Waals surface area contributed by atoms with E-state index in [1.807, 2.05) is 6.07 Å². The lowest BCUT2D eigenvalue weighted by Crippen LogP contribution is -2.50. The van der Waals surface area contributed by atoms with Crippen molar-refractivity contribution in [1.82, 2.24) is 8.61 Å². The lowest BCUT2D eigenvalue weighted by molar-refractivity contribution is 0.0596. The van der Waals surface area contributed by atoms with E-state index in [1.165, 1.54) is 42.5 Å². The van der Waals surface area contributed by atoms with Gasteiger partial charge in [-0.1, -0.05) is 24.3 Å². The second-order valence-electron chi connectivity index (χ2n) is 6.40. The van der Waals surface area contributed by atoms with Gasteiger partial charge in [-0.25, -0.2) is 21.6 Å². The molecular weight excluding hydrogens is 430 g/mol. The Balaban J connectivity index is 1.84. The molecule has 9 nitrogen and oxygen atoms in total. The average molecular weight is 450 g/mol. The molecule has 2 aromatic carbocycles. The largest absolute Gasteiger partial charge is 0.465 e. The highest BCUT2D eigenvalue weighted by Gasteiger charge is 2.36. The monoisotopic (exact) mass is 449 g/mol. The highest BCUT2D eigenvalue weighted by Crippen LogP contribution is 2.25. The van der Waals surface area contributed by atoms with E-state index in [2.05, 4.69) is 4.74 Å². The third kappa shape index (κ3) is 3.95. The smallest absolute Gasteiger partial charge is 0.339 e. The minimum absolute atomic E-state index is 0.0274. The molecule has 1 aliphatic heterocycles. The zero-order valence-corrected chi connectivity index (χ0v) is 17.7. The Kier molecular flexibility index (Phi) is 6.23. The van der Waals surface area contributed by atoms with Gasteiger partial charge in [0.2, 0.25) is 20.0 Å². The Labute approximate surface area is 175 Å². The first-order chi connectivity index (χ1) is 14.2. The normalized spacial score (nSPS) is 16.0. The van der Waals surface area contributed by atoms with Crippen molar-refractivity contribution in [3.63, 3.8) is 0 Å².